The van der Waals surface area contributed by atoms with Crippen LogP contribution in [0.25, 0.3) is 22.4 Å². The van der Waals surface area contributed by atoms with Crippen LogP contribution in [0.3, 0.4) is 0 Å². The zero-order valence-corrected chi connectivity index (χ0v) is 15.9. The van der Waals surface area contributed by atoms with Crippen LogP contribution >= 0.6 is 0 Å². The molecule has 3 aromatic rings. The Kier molecular flexibility index (Phi) is 4.13. The molecule has 146 valence electrons. The Morgan fingerprint density at radius 1 is 1.38 bits per heavy atom. The molecule has 5 rings (SSSR count). The molecular formula is C22H21N5O2. The second-order valence-electron chi connectivity index (χ2n) is 7.74. The van der Waals surface area contributed by atoms with Crippen molar-refractivity contribution in [3.05, 3.63) is 42.0 Å². The Balaban J connectivity index is 1.54. The number of aromatic nitrogens is 2. The number of nitrogens with zero attached hydrogens (tertiary/aromatic N) is 3. The lowest BCUT2D eigenvalue weighted by molar-refractivity contribution is -0.118. The van der Waals surface area contributed by atoms with Crippen molar-refractivity contribution < 1.29 is 9.53 Å². The van der Waals surface area contributed by atoms with Crippen molar-refractivity contribution in [3.63, 3.8) is 0 Å². The van der Waals surface area contributed by atoms with E-state index in [1.807, 2.05) is 30.3 Å². The summed E-state index contributed by atoms with van der Waals surface area (Å²) in [5.74, 6) is 1.70. The van der Waals surface area contributed by atoms with Crippen LogP contribution in [0.5, 0.6) is 5.75 Å². The summed E-state index contributed by atoms with van der Waals surface area (Å²) in [6.45, 7) is 1.46. The van der Waals surface area contributed by atoms with Gasteiger partial charge in [0.05, 0.1) is 23.8 Å². The number of ether oxygens (including phenoxy) is 1. The van der Waals surface area contributed by atoms with Crippen molar-refractivity contribution in [2.24, 2.45) is 11.7 Å². The number of hydrogen-bond acceptors (Lipinski definition) is 5. The number of nitriles is 1. The number of hydrogen-bond donors (Lipinski definition) is 2. The molecule has 0 radical (unpaired) electrons. The Labute approximate surface area is 168 Å². The van der Waals surface area contributed by atoms with E-state index in [0.717, 1.165) is 53.2 Å². The van der Waals surface area contributed by atoms with Crippen molar-refractivity contribution in [3.8, 4) is 23.2 Å². The number of carbonyl (C=O) groups excluding carboxylic acids is 1. The standard InChI is InChI=1S/C22H21N5O2/c23-12-13-3-1-4-14(7-13)22-26-18-10-16(25-17-8-15(17)9-20(24)28)11-19-21(18)27(22)5-2-6-29-19/h1,3-4,7,10-11,15,17,25H,2,5-6,8-9H2,(H2,24,28)/t15-,17?/m0/s1. The third-order valence-electron chi connectivity index (χ3n) is 5.58. The molecule has 1 unspecified atom stereocenters. The number of nitrogens with two attached hydrogens (primary N) is 1. The molecule has 2 aromatic carbocycles. The molecule has 7 nitrogen and oxygen atoms in total. The number of aryl methyl sites for hydroxylation is 1. The predicted octanol–water partition coefficient (Wildman–Crippen LogP) is 3.03. The molecule has 0 saturated heterocycles. The fourth-order valence-electron chi connectivity index (χ4n) is 4.12. The molecule has 1 aliphatic heterocycles. The Morgan fingerprint density at radius 2 is 2.28 bits per heavy atom. The second-order valence-corrected chi connectivity index (χ2v) is 7.74. The molecule has 2 heterocycles. The van der Waals surface area contributed by atoms with Crippen molar-refractivity contribution in [1.82, 2.24) is 9.55 Å². The third-order valence-corrected chi connectivity index (χ3v) is 5.58. The van der Waals surface area contributed by atoms with Gasteiger partial charge in [-0.3, -0.25) is 4.79 Å². The first-order chi connectivity index (χ1) is 14.1. The summed E-state index contributed by atoms with van der Waals surface area (Å²) >= 11 is 0. The average Bonchev–Trinajstić information content (AvgIpc) is 3.37. The summed E-state index contributed by atoms with van der Waals surface area (Å²) in [6, 6.07) is 14.0. The molecule has 1 amide bonds. The highest BCUT2D eigenvalue weighted by molar-refractivity contribution is 5.89. The van der Waals surface area contributed by atoms with E-state index in [9.17, 15) is 10.1 Å². The molecular weight excluding hydrogens is 366 g/mol. The zero-order chi connectivity index (χ0) is 20.0. The molecule has 29 heavy (non-hydrogen) atoms. The maximum Gasteiger partial charge on any atom is 0.217 e. The van der Waals surface area contributed by atoms with E-state index in [1.165, 1.54) is 0 Å². The highest BCUT2D eigenvalue weighted by Gasteiger charge is 2.38. The summed E-state index contributed by atoms with van der Waals surface area (Å²) in [7, 11) is 0. The summed E-state index contributed by atoms with van der Waals surface area (Å²) in [6.07, 6.45) is 2.24. The minimum absolute atomic E-state index is 0.256. The lowest BCUT2D eigenvalue weighted by Gasteiger charge is -2.10. The first-order valence-electron chi connectivity index (χ1n) is 9.85. The van der Waals surface area contributed by atoms with Gasteiger partial charge < -0.3 is 20.4 Å². The average molecular weight is 387 g/mol. The number of imidazole rings is 1. The molecule has 0 spiro atoms. The van der Waals surface area contributed by atoms with Crippen LogP contribution in [0.4, 0.5) is 5.69 Å². The van der Waals surface area contributed by atoms with E-state index < -0.39 is 0 Å². The van der Waals surface area contributed by atoms with Crippen molar-refractivity contribution in [2.45, 2.75) is 31.8 Å². The van der Waals surface area contributed by atoms with Gasteiger partial charge in [-0.25, -0.2) is 4.98 Å². The largest absolute Gasteiger partial charge is 0.491 e. The molecule has 2 atom stereocenters. The van der Waals surface area contributed by atoms with Gasteiger partial charge in [-0.1, -0.05) is 12.1 Å². The quantitative estimate of drug-likeness (QED) is 0.700. The molecule has 1 aliphatic carbocycles. The Bertz CT molecular complexity index is 1160. The molecule has 1 fully saturated rings. The molecule has 3 N–H and O–H groups in total. The van der Waals surface area contributed by atoms with Gasteiger partial charge in [0.2, 0.25) is 5.91 Å². The third kappa shape index (κ3) is 3.27. The fourth-order valence-corrected chi connectivity index (χ4v) is 4.12. The maximum atomic E-state index is 11.1. The van der Waals surface area contributed by atoms with E-state index in [4.69, 9.17) is 15.5 Å². The van der Waals surface area contributed by atoms with Crippen LogP contribution in [0.2, 0.25) is 0 Å². The van der Waals surface area contributed by atoms with E-state index in [1.54, 1.807) is 6.07 Å². The van der Waals surface area contributed by atoms with Gasteiger partial charge in [0, 0.05) is 36.3 Å². The summed E-state index contributed by atoms with van der Waals surface area (Å²) in [4.78, 5) is 16.0. The van der Waals surface area contributed by atoms with Crippen molar-refractivity contribution in [2.75, 3.05) is 11.9 Å². The van der Waals surface area contributed by atoms with Gasteiger partial charge in [0.25, 0.3) is 0 Å². The van der Waals surface area contributed by atoms with Gasteiger partial charge in [-0.15, -0.1) is 0 Å². The first kappa shape index (κ1) is 17.6. The van der Waals surface area contributed by atoms with Gasteiger partial charge in [-0.2, -0.15) is 5.26 Å². The smallest absolute Gasteiger partial charge is 0.217 e. The number of rotatable bonds is 5. The number of carbonyl (C=O) groups is 1. The van der Waals surface area contributed by atoms with Gasteiger partial charge in [0.1, 0.15) is 17.1 Å². The molecule has 1 saturated carbocycles. The van der Waals surface area contributed by atoms with Crippen LogP contribution in [0, 0.1) is 17.2 Å². The van der Waals surface area contributed by atoms with E-state index >= 15 is 0 Å². The highest BCUT2D eigenvalue weighted by atomic mass is 16.5. The lowest BCUT2D eigenvalue weighted by Crippen LogP contribution is -2.14. The van der Waals surface area contributed by atoms with Crippen LogP contribution < -0.4 is 15.8 Å². The molecule has 1 aromatic heterocycles. The highest BCUT2D eigenvalue weighted by Crippen LogP contribution is 2.40. The van der Waals surface area contributed by atoms with Crippen LogP contribution in [0.1, 0.15) is 24.8 Å². The van der Waals surface area contributed by atoms with Crippen LogP contribution in [-0.2, 0) is 11.3 Å². The van der Waals surface area contributed by atoms with Crippen molar-refractivity contribution >= 4 is 22.6 Å². The SMILES string of the molecule is N#Cc1cccc(-c2nc3cc(NC4C[C@H]4CC(N)=O)cc4c3n2CCCO4)c1. The summed E-state index contributed by atoms with van der Waals surface area (Å²) in [5, 5.41) is 12.7. The number of amides is 1. The molecule has 7 heteroatoms. The van der Waals surface area contributed by atoms with Gasteiger partial charge >= 0.3 is 0 Å². The fraction of sp³-hybridized carbons (Fsp3) is 0.318. The molecule has 0 bridgehead atoms. The van der Waals surface area contributed by atoms with Crippen molar-refractivity contribution in [1.29, 1.82) is 5.26 Å². The Hall–Kier alpha value is -3.53. The minimum atomic E-state index is -0.257. The van der Waals surface area contributed by atoms with Gasteiger partial charge in [0.15, 0.2) is 0 Å². The second kappa shape index (κ2) is 6.82. The lowest BCUT2D eigenvalue weighted by atomic mass is 10.1. The number of benzene rings is 2. The number of nitrogens with one attached hydrogen (secondary N) is 1. The minimum Gasteiger partial charge on any atom is -0.491 e. The van der Waals surface area contributed by atoms with Crippen LogP contribution in [-0.4, -0.2) is 28.1 Å². The topological polar surface area (TPSA) is 106 Å². The van der Waals surface area contributed by atoms with E-state index in [-0.39, 0.29) is 11.9 Å². The summed E-state index contributed by atoms with van der Waals surface area (Å²) < 4.78 is 8.21. The number of anilines is 1. The monoisotopic (exact) mass is 387 g/mol. The van der Waals surface area contributed by atoms with E-state index in [0.29, 0.717) is 24.5 Å². The summed E-state index contributed by atoms with van der Waals surface area (Å²) in [5.41, 5.74) is 9.62. The predicted molar refractivity (Wildman–Crippen MR) is 109 cm³/mol. The zero-order valence-electron chi connectivity index (χ0n) is 15.9. The van der Waals surface area contributed by atoms with E-state index in [2.05, 4.69) is 16.0 Å². The van der Waals surface area contributed by atoms with Gasteiger partial charge in [-0.05, 0) is 37.0 Å². The first-order valence-corrected chi connectivity index (χ1v) is 9.85. The normalized spacial score (nSPS) is 19.8. The Morgan fingerprint density at radius 3 is 3.10 bits per heavy atom. The molecule has 2 aliphatic rings. The van der Waals surface area contributed by atoms with Crippen LogP contribution in [0.15, 0.2) is 36.4 Å². The number of primary amides is 1. The maximum absolute atomic E-state index is 11.1.